The fraction of sp³-hybridized carbons (Fsp3) is 0.588. The summed E-state index contributed by atoms with van der Waals surface area (Å²) in [5, 5.41) is 10.4. The molecule has 8 heteroatoms. The molecule has 0 spiro atoms. The molecule has 0 amide bonds. The molecule has 1 aromatic rings. The Hall–Kier alpha value is -1.47. The zero-order chi connectivity index (χ0) is 19.6. The highest BCUT2D eigenvalue weighted by Crippen LogP contribution is 2.46. The van der Waals surface area contributed by atoms with Crippen LogP contribution in [-0.2, 0) is 14.9 Å². The van der Waals surface area contributed by atoms with Crippen LogP contribution in [0.25, 0.3) is 0 Å². The van der Waals surface area contributed by atoms with Crippen molar-refractivity contribution < 1.29 is 32.5 Å². The molecule has 142 valence electrons. The third kappa shape index (κ3) is 4.20. The van der Waals surface area contributed by atoms with Crippen LogP contribution < -0.4 is 4.74 Å². The number of alkyl halides is 3. The maximum Gasteiger partial charge on any atom is 0.428 e. The molecule has 0 aliphatic rings. The molecular formula is C17H22ClF3O4. The van der Waals surface area contributed by atoms with Gasteiger partial charge in [-0.15, -0.1) is 0 Å². The molecule has 0 aromatic heterocycles. The average molecular weight is 383 g/mol. The first-order chi connectivity index (χ1) is 11.3. The molecule has 1 N–H and O–H groups in total. The maximum absolute atomic E-state index is 13.4. The standard InChI is InChI=1S/C17H22ClF3O4/c1-6-25-14(22)16(23,17(19,20)21)9-15(3,4)11-8-7-10(2)12(18)13(11)24-5/h7-8,23H,6,9H2,1-5H3. The normalized spacial score (nSPS) is 14.8. The Bertz CT molecular complexity index is 644. The van der Waals surface area contributed by atoms with E-state index < -0.39 is 29.6 Å². The van der Waals surface area contributed by atoms with E-state index in [9.17, 15) is 23.1 Å². The van der Waals surface area contributed by atoms with Crippen LogP contribution in [0.15, 0.2) is 12.1 Å². The van der Waals surface area contributed by atoms with Crippen molar-refractivity contribution in [2.75, 3.05) is 13.7 Å². The molecule has 1 aromatic carbocycles. The van der Waals surface area contributed by atoms with Crippen molar-refractivity contribution in [2.24, 2.45) is 0 Å². The Kier molecular flexibility index (Phi) is 6.40. The molecule has 0 saturated carbocycles. The number of esters is 1. The summed E-state index contributed by atoms with van der Waals surface area (Å²) in [6.07, 6.45) is -6.14. The van der Waals surface area contributed by atoms with Crippen LogP contribution >= 0.6 is 11.6 Å². The number of halogens is 4. The minimum absolute atomic E-state index is 0.208. The van der Waals surface area contributed by atoms with Gasteiger partial charge in [-0.25, -0.2) is 4.79 Å². The van der Waals surface area contributed by atoms with Gasteiger partial charge in [0.15, 0.2) is 0 Å². The minimum atomic E-state index is -5.20. The first-order valence-corrected chi connectivity index (χ1v) is 7.99. The lowest BCUT2D eigenvalue weighted by Gasteiger charge is -2.36. The Labute approximate surface area is 149 Å². The lowest BCUT2D eigenvalue weighted by Crippen LogP contribution is -2.55. The summed E-state index contributed by atoms with van der Waals surface area (Å²) < 4.78 is 50.0. The van der Waals surface area contributed by atoms with Crippen molar-refractivity contribution in [2.45, 2.75) is 51.3 Å². The molecule has 1 rings (SSSR count). The van der Waals surface area contributed by atoms with Gasteiger partial charge in [0, 0.05) is 12.0 Å². The van der Waals surface area contributed by atoms with Gasteiger partial charge < -0.3 is 14.6 Å². The van der Waals surface area contributed by atoms with Gasteiger partial charge in [0.1, 0.15) is 5.75 Å². The number of hydrogen-bond acceptors (Lipinski definition) is 4. The zero-order valence-electron chi connectivity index (χ0n) is 14.8. The highest BCUT2D eigenvalue weighted by molar-refractivity contribution is 6.33. The lowest BCUT2D eigenvalue weighted by atomic mass is 9.74. The summed E-state index contributed by atoms with van der Waals surface area (Å²) in [7, 11) is 1.35. The molecule has 0 heterocycles. The SMILES string of the molecule is CCOC(=O)C(O)(CC(C)(C)c1ccc(C)c(Cl)c1OC)C(F)(F)F. The van der Waals surface area contributed by atoms with E-state index in [1.807, 2.05) is 0 Å². The van der Waals surface area contributed by atoms with Crippen molar-refractivity contribution >= 4 is 17.6 Å². The van der Waals surface area contributed by atoms with Gasteiger partial charge in [-0.3, -0.25) is 0 Å². The maximum atomic E-state index is 13.4. The van der Waals surface area contributed by atoms with Gasteiger partial charge in [0.2, 0.25) is 0 Å². The van der Waals surface area contributed by atoms with E-state index in [-0.39, 0.29) is 17.4 Å². The molecule has 1 unspecified atom stereocenters. The fourth-order valence-electron chi connectivity index (χ4n) is 2.66. The topological polar surface area (TPSA) is 55.8 Å². The summed E-state index contributed by atoms with van der Waals surface area (Å²) in [6.45, 7) is 5.74. The molecule has 0 fully saturated rings. The monoisotopic (exact) mass is 382 g/mol. The number of rotatable bonds is 6. The first-order valence-electron chi connectivity index (χ1n) is 7.61. The third-order valence-corrected chi connectivity index (χ3v) is 4.47. The van der Waals surface area contributed by atoms with E-state index in [1.54, 1.807) is 19.1 Å². The van der Waals surface area contributed by atoms with Crippen LogP contribution in [0.5, 0.6) is 5.75 Å². The predicted molar refractivity (Wildman–Crippen MR) is 88.0 cm³/mol. The van der Waals surface area contributed by atoms with E-state index in [1.165, 1.54) is 27.9 Å². The summed E-state index contributed by atoms with van der Waals surface area (Å²) in [6, 6.07) is 3.21. The Morgan fingerprint density at radius 3 is 2.28 bits per heavy atom. The highest BCUT2D eigenvalue weighted by Gasteiger charge is 2.62. The van der Waals surface area contributed by atoms with Crippen molar-refractivity contribution in [3.8, 4) is 5.75 Å². The third-order valence-electron chi connectivity index (χ3n) is 4.00. The smallest absolute Gasteiger partial charge is 0.428 e. The second kappa shape index (κ2) is 7.41. The van der Waals surface area contributed by atoms with Gasteiger partial charge in [0.05, 0.1) is 18.7 Å². The van der Waals surface area contributed by atoms with Gasteiger partial charge in [-0.05, 0) is 24.8 Å². The van der Waals surface area contributed by atoms with Crippen molar-refractivity contribution in [1.82, 2.24) is 0 Å². The van der Waals surface area contributed by atoms with Gasteiger partial charge >= 0.3 is 12.1 Å². The zero-order valence-corrected chi connectivity index (χ0v) is 15.5. The number of aliphatic hydroxyl groups is 1. The van der Waals surface area contributed by atoms with E-state index in [4.69, 9.17) is 16.3 Å². The highest BCUT2D eigenvalue weighted by atomic mass is 35.5. The molecule has 1 atom stereocenters. The molecule has 0 bridgehead atoms. The molecular weight excluding hydrogens is 361 g/mol. The second-order valence-corrected chi connectivity index (χ2v) is 6.79. The number of methoxy groups -OCH3 is 1. The van der Waals surface area contributed by atoms with Gasteiger partial charge in [-0.2, -0.15) is 13.2 Å². The Balaban J connectivity index is 3.43. The fourth-order valence-corrected chi connectivity index (χ4v) is 2.90. The van der Waals surface area contributed by atoms with Crippen LogP contribution in [0.1, 0.15) is 38.3 Å². The van der Waals surface area contributed by atoms with Crippen LogP contribution in [0.4, 0.5) is 13.2 Å². The predicted octanol–water partition coefficient (Wildman–Crippen LogP) is 4.18. The largest absolute Gasteiger partial charge is 0.495 e. The molecule has 0 saturated heterocycles. The van der Waals surface area contributed by atoms with Crippen LogP contribution in [0, 0.1) is 6.92 Å². The van der Waals surface area contributed by atoms with Crippen molar-refractivity contribution in [1.29, 1.82) is 0 Å². The average Bonchev–Trinajstić information content (AvgIpc) is 2.48. The van der Waals surface area contributed by atoms with E-state index >= 15 is 0 Å². The number of benzene rings is 1. The van der Waals surface area contributed by atoms with Crippen LogP contribution in [-0.4, -0.2) is 36.6 Å². The van der Waals surface area contributed by atoms with E-state index in [0.717, 1.165) is 0 Å². The second-order valence-electron chi connectivity index (χ2n) is 6.42. The van der Waals surface area contributed by atoms with E-state index in [0.29, 0.717) is 11.1 Å². The number of aryl methyl sites for hydroxylation is 1. The summed E-state index contributed by atoms with van der Waals surface area (Å²) in [5.41, 5.74) is -3.90. The van der Waals surface area contributed by atoms with Crippen molar-refractivity contribution in [3.63, 3.8) is 0 Å². The number of ether oxygens (including phenoxy) is 2. The summed E-state index contributed by atoms with van der Waals surface area (Å²) >= 11 is 6.18. The number of carbonyl (C=O) groups is 1. The Morgan fingerprint density at radius 1 is 1.28 bits per heavy atom. The quantitative estimate of drug-likeness (QED) is 0.750. The van der Waals surface area contributed by atoms with Crippen LogP contribution in [0.2, 0.25) is 5.02 Å². The molecule has 25 heavy (non-hydrogen) atoms. The van der Waals surface area contributed by atoms with Crippen LogP contribution in [0.3, 0.4) is 0 Å². The van der Waals surface area contributed by atoms with Crippen molar-refractivity contribution in [3.05, 3.63) is 28.3 Å². The lowest BCUT2D eigenvalue weighted by molar-refractivity contribution is -0.267. The summed E-state index contributed by atoms with van der Waals surface area (Å²) in [4.78, 5) is 11.8. The molecule has 0 aliphatic heterocycles. The summed E-state index contributed by atoms with van der Waals surface area (Å²) in [5.74, 6) is -1.52. The molecule has 0 radical (unpaired) electrons. The van der Waals surface area contributed by atoms with Gasteiger partial charge in [0.25, 0.3) is 5.60 Å². The Morgan fingerprint density at radius 2 is 1.84 bits per heavy atom. The molecule has 0 aliphatic carbocycles. The first kappa shape index (κ1) is 21.6. The van der Waals surface area contributed by atoms with E-state index in [2.05, 4.69) is 4.74 Å². The minimum Gasteiger partial charge on any atom is -0.495 e. The number of hydrogen-bond donors (Lipinski definition) is 1. The van der Waals surface area contributed by atoms with Gasteiger partial charge in [-0.1, -0.05) is 37.6 Å². The molecule has 4 nitrogen and oxygen atoms in total. The number of carbonyl (C=O) groups excluding carboxylic acids is 1.